The van der Waals surface area contributed by atoms with Gasteiger partial charge in [0.15, 0.2) is 5.96 Å². The van der Waals surface area contributed by atoms with Crippen molar-refractivity contribution in [3.05, 3.63) is 52.4 Å². The Balaban J connectivity index is 0.00000341. The fourth-order valence-corrected chi connectivity index (χ4v) is 3.66. The van der Waals surface area contributed by atoms with Crippen molar-refractivity contribution in [2.24, 2.45) is 4.99 Å². The number of rotatable bonds is 9. The highest BCUT2D eigenvalue weighted by atomic mass is 127. The van der Waals surface area contributed by atoms with Crippen molar-refractivity contribution in [1.29, 1.82) is 0 Å². The van der Waals surface area contributed by atoms with Gasteiger partial charge in [-0.2, -0.15) is 0 Å². The third kappa shape index (κ3) is 6.95. The van der Waals surface area contributed by atoms with E-state index in [1.807, 2.05) is 4.90 Å². The van der Waals surface area contributed by atoms with Gasteiger partial charge in [-0.05, 0) is 30.9 Å². The number of hydrogen-bond donors (Lipinski definition) is 2. The van der Waals surface area contributed by atoms with Crippen LogP contribution in [0.3, 0.4) is 0 Å². The first-order valence-corrected chi connectivity index (χ1v) is 11.0. The van der Waals surface area contributed by atoms with Crippen LogP contribution in [0.5, 0.6) is 0 Å². The lowest BCUT2D eigenvalue weighted by Crippen LogP contribution is -2.37. The lowest BCUT2D eigenvalue weighted by Gasteiger charge is -2.15. The van der Waals surface area contributed by atoms with Gasteiger partial charge in [-0.3, -0.25) is 4.79 Å². The predicted molar refractivity (Wildman–Crippen MR) is 133 cm³/mol. The van der Waals surface area contributed by atoms with Gasteiger partial charge in [0.2, 0.25) is 5.91 Å². The Kier molecular flexibility index (Phi) is 10.3. The molecule has 1 saturated heterocycles. The third-order valence-electron chi connectivity index (χ3n) is 5.37. The molecular formula is C23H34IN5O2. The Morgan fingerprint density at radius 2 is 1.87 bits per heavy atom. The van der Waals surface area contributed by atoms with Crippen molar-refractivity contribution in [3.63, 3.8) is 0 Å². The molecule has 2 heterocycles. The van der Waals surface area contributed by atoms with Gasteiger partial charge in [0, 0.05) is 44.6 Å². The number of aliphatic imine (C=N–C) groups is 1. The number of benzene rings is 1. The number of nitrogens with zero attached hydrogens (tertiary/aromatic N) is 3. The zero-order valence-electron chi connectivity index (χ0n) is 18.7. The Hall–Kier alpha value is -2.10. The van der Waals surface area contributed by atoms with E-state index in [1.165, 1.54) is 0 Å². The molecule has 1 fully saturated rings. The number of guanidine groups is 1. The van der Waals surface area contributed by atoms with Gasteiger partial charge in [-0.1, -0.05) is 43.3 Å². The average Bonchev–Trinajstić information content (AvgIpc) is 3.36. The van der Waals surface area contributed by atoms with E-state index in [4.69, 9.17) is 9.52 Å². The maximum atomic E-state index is 11.8. The maximum absolute atomic E-state index is 11.8. The van der Waals surface area contributed by atoms with E-state index in [2.05, 4.69) is 60.8 Å². The molecule has 1 aliphatic heterocycles. The van der Waals surface area contributed by atoms with E-state index < -0.39 is 0 Å². The molecule has 0 spiro atoms. The molecule has 31 heavy (non-hydrogen) atoms. The Morgan fingerprint density at radius 1 is 1.13 bits per heavy atom. The molecule has 7 nitrogen and oxygen atoms in total. The number of aryl methyl sites for hydroxylation is 2. The number of carbonyl (C=O) groups is 1. The highest BCUT2D eigenvalue weighted by molar-refractivity contribution is 14.0. The lowest BCUT2D eigenvalue weighted by atomic mass is 10.1. The van der Waals surface area contributed by atoms with E-state index in [0.29, 0.717) is 26.1 Å². The van der Waals surface area contributed by atoms with Gasteiger partial charge in [0.1, 0.15) is 5.76 Å². The summed E-state index contributed by atoms with van der Waals surface area (Å²) in [5, 5.41) is 10.9. The van der Waals surface area contributed by atoms with Crippen LogP contribution in [0.4, 0.5) is 0 Å². The second-order valence-corrected chi connectivity index (χ2v) is 7.52. The summed E-state index contributed by atoms with van der Waals surface area (Å²) in [6.45, 7) is 9.81. The summed E-state index contributed by atoms with van der Waals surface area (Å²) in [6, 6.07) is 8.37. The first-order chi connectivity index (χ1) is 14.6. The molecule has 1 aliphatic rings. The van der Waals surface area contributed by atoms with E-state index in [1.54, 1.807) is 0 Å². The van der Waals surface area contributed by atoms with E-state index in [9.17, 15) is 4.79 Å². The van der Waals surface area contributed by atoms with Gasteiger partial charge in [-0.15, -0.1) is 24.0 Å². The summed E-state index contributed by atoms with van der Waals surface area (Å²) >= 11 is 0. The minimum Gasteiger partial charge on any atom is -0.361 e. The van der Waals surface area contributed by atoms with Crippen LogP contribution < -0.4 is 10.6 Å². The van der Waals surface area contributed by atoms with Crippen LogP contribution in [0, 0.1) is 0 Å². The number of aromatic nitrogens is 1. The monoisotopic (exact) mass is 539 g/mol. The first kappa shape index (κ1) is 25.2. The Morgan fingerprint density at radius 3 is 2.48 bits per heavy atom. The molecule has 0 aliphatic carbocycles. The van der Waals surface area contributed by atoms with Gasteiger partial charge < -0.3 is 20.1 Å². The minimum atomic E-state index is 0. The van der Waals surface area contributed by atoms with Crippen molar-refractivity contribution < 1.29 is 9.32 Å². The summed E-state index contributed by atoms with van der Waals surface area (Å²) in [6.07, 6.45) is 3.33. The highest BCUT2D eigenvalue weighted by Gasteiger charge is 2.19. The van der Waals surface area contributed by atoms with Crippen molar-refractivity contribution >= 4 is 35.8 Å². The van der Waals surface area contributed by atoms with E-state index in [0.717, 1.165) is 66.5 Å². The topological polar surface area (TPSA) is 82.8 Å². The Labute approximate surface area is 202 Å². The van der Waals surface area contributed by atoms with Crippen LogP contribution >= 0.6 is 24.0 Å². The van der Waals surface area contributed by atoms with E-state index in [-0.39, 0.29) is 29.9 Å². The molecule has 2 N–H and O–H groups in total. The average molecular weight is 539 g/mol. The van der Waals surface area contributed by atoms with Crippen molar-refractivity contribution in [2.75, 3.05) is 13.1 Å². The molecule has 1 aromatic carbocycles. The van der Waals surface area contributed by atoms with Crippen LogP contribution in [0.15, 0.2) is 33.8 Å². The number of nitrogens with one attached hydrogen (secondary N) is 2. The van der Waals surface area contributed by atoms with Crippen molar-refractivity contribution in [1.82, 2.24) is 20.7 Å². The third-order valence-corrected chi connectivity index (χ3v) is 5.37. The smallest absolute Gasteiger partial charge is 0.222 e. The zero-order chi connectivity index (χ0) is 21.3. The summed E-state index contributed by atoms with van der Waals surface area (Å²) in [5.41, 5.74) is 4.43. The quantitative estimate of drug-likeness (QED) is 0.288. The summed E-state index contributed by atoms with van der Waals surface area (Å²) in [7, 11) is 0. The molecule has 3 rings (SSSR count). The zero-order valence-corrected chi connectivity index (χ0v) is 21.1. The molecule has 0 saturated carbocycles. The molecule has 170 valence electrons. The largest absolute Gasteiger partial charge is 0.361 e. The fourth-order valence-electron chi connectivity index (χ4n) is 3.66. The molecule has 1 amide bonds. The normalized spacial score (nSPS) is 14.0. The minimum absolute atomic E-state index is 0. The molecule has 0 atom stereocenters. The fraction of sp³-hybridized carbons (Fsp3) is 0.522. The Bertz CT molecular complexity index is 842. The van der Waals surface area contributed by atoms with Crippen molar-refractivity contribution in [3.8, 4) is 0 Å². The molecule has 8 heteroatoms. The van der Waals surface area contributed by atoms with Gasteiger partial charge >= 0.3 is 0 Å². The predicted octanol–water partition coefficient (Wildman–Crippen LogP) is 3.80. The number of hydrogen-bond acceptors (Lipinski definition) is 4. The van der Waals surface area contributed by atoms with E-state index >= 15 is 0 Å². The van der Waals surface area contributed by atoms with Gasteiger partial charge in [0.25, 0.3) is 0 Å². The molecule has 0 unspecified atom stereocenters. The maximum Gasteiger partial charge on any atom is 0.222 e. The van der Waals surface area contributed by atoms with Crippen LogP contribution in [0.2, 0.25) is 0 Å². The van der Waals surface area contributed by atoms with Crippen LogP contribution in [-0.2, 0) is 37.3 Å². The SMILES string of the molecule is CCNC(=NCc1ccc(CN2CCCC2=O)cc1)NCc1c(CC)noc1CC.I. The molecule has 1 aromatic heterocycles. The van der Waals surface area contributed by atoms with Crippen LogP contribution in [-0.4, -0.2) is 35.0 Å². The molecule has 2 aromatic rings. The number of carbonyl (C=O) groups excluding carboxylic acids is 1. The van der Waals surface area contributed by atoms with Crippen LogP contribution in [0.25, 0.3) is 0 Å². The lowest BCUT2D eigenvalue weighted by molar-refractivity contribution is -0.128. The number of halogens is 1. The van der Waals surface area contributed by atoms with Crippen molar-refractivity contribution in [2.45, 2.75) is 66.1 Å². The standard InChI is InChI=1S/C23H33N5O2.HI/c1-4-20-19(21(5-2)30-27-20)15-26-23(24-6-3)25-14-17-9-11-18(12-10-17)16-28-13-7-8-22(28)29;/h9-12H,4-8,13-16H2,1-3H3,(H2,24,25,26);1H. The highest BCUT2D eigenvalue weighted by Crippen LogP contribution is 2.16. The molecule has 0 bridgehead atoms. The van der Waals surface area contributed by atoms with Gasteiger partial charge in [0.05, 0.1) is 12.2 Å². The number of amides is 1. The summed E-state index contributed by atoms with van der Waals surface area (Å²) in [5.74, 6) is 1.96. The summed E-state index contributed by atoms with van der Waals surface area (Å²) in [4.78, 5) is 18.4. The first-order valence-electron chi connectivity index (χ1n) is 11.0. The summed E-state index contributed by atoms with van der Waals surface area (Å²) < 4.78 is 5.45. The number of likely N-dealkylation sites (tertiary alicyclic amines) is 1. The van der Waals surface area contributed by atoms with Crippen LogP contribution in [0.1, 0.15) is 61.8 Å². The molecular weight excluding hydrogens is 505 g/mol. The van der Waals surface area contributed by atoms with Gasteiger partial charge in [-0.25, -0.2) is 4.99 Å². The molecule has 0 radical (unpaired) electrons. The second-order valence-electron chi connectivity index (χ2n) is 7.52. The second kappa shape index (κ2) is 12.7.